The number of urea groups is 1. The molecule has 0 aliphatic carbocycles. The van der Waals surface area contributed by atoms with E-state index in [0.717, 1.165) is 72.4 Å². The lowest BCUT2D eigenvalue weighted by Crippen LogP contribution is -2.51. The van der Waals surface area contributed by atoms with Crippen LogP contribution in [0.25, 0.3) is 10.9 Å². The molecule has 1 atom stereocenters. The van der Waals surface area contributed by atoms with Gasteiger partial charge in [0.05, 0.1) is 5.92 Å². The second-order valence-electron chi connectivity index (χ2n) is 14.5. The van der Waals surface area contributed by atoms with E-state index in [9.17, 15) is 14.4 Å². The molecule has 1 unspecified atom stereocenters. The van der Waals surface area contributed by atoms with Crippen molar-refractivity contribution in [3.05, 3.63) is 65.9 Å². The number of hydrogen-bond donors (Lipinski definition) is 1. The van der Waals surface area contributed by atoms with Gasteiger partial charge in [-0.1, -0.05) is 36.4 Å². The number of amides is 4. The van der Waals surface area contributed by atoms with Crippen LogP contribution >= 0.6 is 0 Å². The van der Waals surface area contributed by atoms with Crippen molar-refractivity contribution in [3.63, 3.8) is 0 Å². The van der Waals surface area contributed by atoms with E-state index in [4.69, 9.17) is 0 Å². The average molecular weight is 639 g/mol. The summed E-state index contributed by atoms with van der Waals surface area (Å²) in [6.45, 7) is 5.74. The van der Waals surface area contributed by atoms with Crippen LogP contribution in [0.2, 0.25) is 0 Å². The molecule has 9 heteroatoms. The Morgan fingerprint density at radius 2 is 1.45 bits per heavy atom. The third-order valence-corrected chi connectivity index (χ3v) is 11.6. The number of hydrogen-bond acceptors (Lipinski definition) is 4. The summed E-state index contributed by atoms with van der Waals surface area (Å²) in [5.41, 5.74) is 4.28. The first kappa shape index (κ1) is 31.7. The number of anilines is 1. The minimum Gasteiger partial charge on any atom is -0.350 e. The molecule has 3 aromatic rings. The summed E-state index contributed by atoms with van der Waals surface area (Å²) in [6.07, 6.45) is 9.06. The van der Waals surface area contributed by atoms with Crippen LogP contribution < -0.4 is 5.32 Å². The number of para-hydroxylation sites is 2. The van der Waals surface area contributed by atoms with Crippen LogP contribution in [-0.4, -0.2) is 94.4 Å². The van der Waals surface area contributed by atoms with E-state index < -0.39 is 5.92 Å². The van der Waals surface area contributed by atoms with Crippen LogP contribution in [0.15, 0.2) is 54.7 Å². The van der Waals surface area contributed by atoms with E-state index in [0.29, 0.717) is 32.0 Å². The number of nitrogens with one attached hydrogen (secondary N) is 1. The van der Waals surface area contributed by atoms with E-state index >= 15 is 0 Å². The van der Waals surface area contributed by atoms with Gasteiger partial charge in [0.25, 0.3) is 0 Å². The molecule has 4 amide bonds. The summed E-state index contributed by atoms with van der Waals surface area (Å²) >= 11 is 0. The Morgan fingerprint density at radius 1 is 0.809 bits per heavy atom. The number of nitrogens with zero attached hydrogens (tertiary/aromatic N) is 5. The number of fused-ring (bicyclic) bond motifs is 2. The Kier molecular flexibility index (Phi) is 9.26. The zero-order chi connectivity index (χ0) is 32.5. The molecule has 2 aromatic carbocycles. The molecule has 1 aromatic heterocycles. The summed E-state index contributed by atoms with van der Waals surface area (Å²) in [7, 11) is 4.26. The number of aryl methyl sites for hydroxylation is 1. The fourth-order valence-electron chi connectivity index (χ4n) is 8.73. The number of rotatable bonds is 7. The fourth-order valence-corrected chi connectivity index (χ4v) is 8.73. The lowest BCUT2D eigenvalue weighted by Gasteiger charge is -2.41. The highest BCUT2D eigenvalue weighted by Gasteiger charge is 2.36. The van der Waals surface area contributed by atoms with Gasteiger partial charge in [-0.15, -0.1) is 0 Å². The largest absolute Gasteiger partial charge is 0.350 e. The molecule has 7 rings (SSSR count). The number of piperidine rings is 3. The number of aromatic nitrogens is 1. The van der Waals surface area contributed by atoms with E-state index in [-0.39, 0.29) is 30.3 Å². The predicted octanol–water partition coefficient (Wildman–Crippen LogP) is 5.35. The smallest absolute Gasteiger partial charge is 0.322 e. The summed E-state index contributed by atoms with van der Waals surface area (Å²) in [4.78, 5) is 49.4. The van der Waals surface area contributed by atoms with Crippen molar-refractivity contribution in [1.29, 1.82) is 0 Å². The summed E-state index contributed by atoms with van der Waals surface area (Å²) in [5.74, 6) is 1.26. The topological polar surface area (TPSA) is 81.1 Å². The Morgan fingerprint density at radius 3 is 2.19 bits per heavy atom. The van der Waals surface area contributed by atoms with Gasteiger partial charge in [-0.05, 0) is 100 Å². The molecule has 0 saturated carbocycles. The van der Waals surface area contributed by atoms with Crippen LogP contribution in [0, 0.1) is 17.8 Å². The van der Waals surface area contributed by atoms with Gasteiger partial charge in [0, 0.05) is 75.0 Å². The lowest BCUT2D eigenvalue weighted by molar-refractivity contribution is -0.143. The number of likely N-dealkylation sites (tertiary alicyclic amines) is 3. The first-order valence-electron chi connectivity index (χ1n) is 17.8. The van der Waals surface area contributed by atoms with Crippen LogP contribution in [0.3, 0.4) is 0 Å². The highest BCUT2D eigenvalue weighted by molar-refractivity contribution is 5.92. The van der Waals surface area contributed by atoms with Crippen molar-refractivity contribution in [3.8, 4) is 0 Å². The maximum atomic E-state index is 14.3. The van der Waals surface area contributed by atoms with Crippen molar-refractivity contribution in [2.45, 2.75) is 64.0 Å². The Balaban J connectivity index is 1.01. The SMILES string of the molecule is CN1CCC(C2CCN(C(=O)C(CC(=O)N3CCC(N4Cc5ccccc5NC4=O)CC3)Cc3cn(C)c4ccccc34)CC2)CC1. The first-order chi connectivity index (χ1) is 22.8. The number of carbonyl (C=O) groups is 3. The Labute approximate surface area is 278 Å². The van der Waals surface area contributed by atoms with E-state index in [1.54, 1.807) is 0 Å². The molecular formula is C38H50N6O3. The fraction of sp³-hybridized carbons (Fsp3) is 0.553. The predicted molar refractivity (Wildman–Crippen MR) is 185 cm³/mol. The van der Waals surface area contributed by atoms with Gasteiger partial charge in [0.15, 0.2) is 0 Å². The lowest BCUT2D eigenvalue weighted by atomic mass is 9.78. The van der Waals surface area contributed by atoms with E-state index in [1.807, 2.05) is 47.2 Å². The third-order valence-electron chi connectivity index (χ3n) is 11.6. The summed E-state index contributed by atoms with van der Waals surface area (Å²) < 4.78 is 2.13. The standard InChI is InChI=1S/C38H50N6O3/c1-40-17-11-27(12-18-40)28-13-19-43(20-14-28)37(46)30(23-31-25-41(2)35-10-6-4-8-33(31)35)24-36(45)42-21-15-32(16-22-42)44-26-29-7-3-5-9-34(29)39-38(44)47/h3-10,25,27-28,30,32H,11-24,26H2,1-2H3,(H,39,47). The van der Waals surface area contributed by atoms with E-state index in [2.05, 4.69) is 51.1 Å². The maximum absolute atomic E-state index is 14.3. The molecule has 47 heavy (non-hydrogen) atoms. The van der Waals surface area contributed by atoms with Crippen LogP contribution in [-0.2, 0) is 29.6 Å². The molecule has 4 aliphatic heterocycles. The molecule has 0 spiro atoms. The first-order valence-corrected chi connectivity index (χ1v) is 17.8. The maximum Gasteiger partial charge on any atom is 0.322 e. The summed E-state index contributed by atoms with van der Waals surface area (Å²) in [5, 5.41) is 4.19. The van der Waals surface area contributed by atoms with Gasteiger partial charge in [0.1, 0.15) is 0 Å². The van der Waals surface area contributed by atoms with Crippen molar-refractivity contribution in [2.75, 3.05) is 51.6 Å². The number of carbonyl (C=O) groups excluding carboxylic acids is 3. The van der Waals surface area contributed by atoms with Gasteiger partial charge in [-0.25, -0.2) is 4.79 Å². The quantitative estimate of drug-likeness (QED) is 0.379. The highest BCUT2D eigenvalue weighted by atomic mass is 16.2. The molecule has 0 bridgehead atoms. The second-order valence-corrected chi connectivity index (χ2v) is 14.5. The van der Waals surface area contributed by atoms with Crippen molar-refractivity contribution in [2.24, 2.45) is 24.8 Å². The monoisotopic (exact) mass is 638 g/mol. The van der Waals surface area contributed by atoms with Gasteiger partial charge < -0.3 is 29.5 Å². The van der Waals surface area contributed by atoms with Crippen molar-refractivity contribution >= 4 is 34.4 Å². The average Bonchev–Trinajstić information content (AvgIpc) is 3.42. The third kappa shape index (κ3) is 6.77. The van der Waals surface area contributed by atoms with Crippen LogP contribution in [0.1, 0.15) is 56.1 Å². The normalized spacial score (nSPS) is 21.1. The van der Waals surface area contributed by atoms with Crippen molar-refractivity contribution in [1.82, 2.24) is 24.2 Å². The molecule has 3 saturated heterocycles. The minimum absolute atomic E-state index is 0.0525. The van der Waals surface area contributed by atoms with Gasteiger partial charge in [0.2, 0.25) is 11.8 Å². The van der Waals surface area contributed by atoms with Crippen LogP contribution in [0.5, 0.6) is 0 Å². The molecule has 0 radical (unpaired) electrons. The molecule has 3 fully saturated rings. The molecule has 4 aliphatic rings. The zero-order valence-electron chi connectivity index (χ0n) is 28.1. The molecule has 9 nitrogen and oxygen atoms in total. The van der Waals surface area contributed by atoms with Crippen molar-refractivity contribution < 1.29 is 14.4 Å². The highest BCUT2D eigenvalue weighted by Crippen LogP contribution is 2.34. The Bertz CT molecular complexity index is 1590. The van der Waals surface area contributed by atoms with Gasteiger partial charge in [-0.3, -0.25) is 9.59 Å². The minimum atomic E-state index is -0.393. The number of benzene rings is 2. The van der Waals surface area contributed by atoms with Crippen LogP contribution in [0.4, 0.5) is 10.5 Å². The molecular weight excluding hydrogens is 588 g/mol. The molecule has 250 valence electrons. The zero-order valence-corrected chi connectivity index (χ0v) is 28.1. The molecule has 1 N–H and O–H groups in total. The molecule has 5 heterocycles. The summed E-state index contributed by atoms with van der Waals surface area (Å²) in [6, 6.07) is 16.3. The van der Waals surface area contributed by atoms with E-state index in [1.165, 1.54) is 25.9 Å². The van der Waals surface area contributed by atoms with Gasteiger partial charge >= 0.3 is 6.03 Å². The Hall–Kier alpha value is -3.85. The second kappa shape index (κ2) is 13.7. The van der Waals surface area contributed by atoms with Gasteiger partial charge in [-0.2, -0.15) is 0 Å².